The van der Waals surface area contributed by atoms with Gasteiger partial charge in [0.1, 0.15) is 6.29 Å². The van der Waals surface area contributed by atoms with Gasteiger partial charge in [0.2, 0.25) is 5.91 Å². The molecular formula is C20H39N3O2. The highest BCUT2D eigenvalue weighted by atomic mass is 16.1. The number of aldehydes is 1. The number of hydrogen-bond donors (Lipinski definition) is 2. The van der Waals surface area contributed by atoms with Crippen molar-refractivity contribution >= 4 is 12.2 Å². The average Bonchev–Trinajstić information content (AvgIpc) is 2.64. The summed E-state index contributed by atoms with van der Waals surface area (Å²) in [5.74, 6) is 0.375. The van der Waals surface area contributed by atoms with E-state index in [9.17, 15) is 9.59 Å². The Hall–Kier alpha value is -0.940. The molecule has 146 valence electrons. The molecule has 0 aromatic rings. The van der Waals surface area contributed by atoms with E-state index in [-0.39, 0.29) is 11.8 Å². The van der Waals surface area contributed by atoms with E-state index in [0.29, 0.717) is 11.3 Å². The van der Waals surface area contributed by atoms with E-state index in [4.69, 9.17) is 5.73 Å². The van der Waals surface area contributed by atoms with Crippen molar-refractivity contribution in [3.8, 4) is 0 Å². The van der Waals surface area contributed by atoms with E-state index in [1.807, 2.05) is 7.05 Å². The third kappa shape index (κ3) is 7.45. The number of piperidine rings is 1. The van der Waals surface area contributed by atoms with Crippen LogP contribution >= 0.6 is 0 Å². The number of rotatable bonds is 7. The van der Waals surface area contributed by atoms with Crippen molar-refractivity contribution in [2.75, 3.05) is 20.1 Å². The van der Waals surface area contributed by atoms with Crippen LogP contribution in [0, 0.1) is 17.3 Å². The van der Waals surface area contributed by atoms with Crippen LogP contribution in [0.15, 0.2) is 0 Å². The second kappa shape index (κ2) is 11.6. The van der Waals surface area contributed by atoms with Crippen molar-refractivity contribution in [3.05, 3.63) is 0 Å². The molecule has 1 aliphatic heterocycles. The molecule has 1 saturated heterocycles. The molecule has 1 aliphatic carbocycles. The number of amides is 1. The summed E-state index contributed by atoms with van der Waals surface area (Å²) in [6, 6.07) is 0. The van der Waals surface area contributed by atoms with Gasteiger partial charge in [-0.15, -0.1) is 0 Å². The fraction of sp³-hybridized carbons (Fsp3) is 0.900. The Labute approximate surface area is 154 Å². The van der Waals surface area contributed by atoms with E-state index >= 15 is 0 Å². The van der Waals surface area contributed by atoms with Gasteiger partial charge < -0.3 is 10.5 Å². The second-order valence-corrected chi connectivity index (χ2v) is 7.83. The van der Waals surface area contributed by atoms with Crippen LogP contribution in [0.5, 0.6) is 0 Å². The van der Waals surface area contributed by atoms with E-state index in [0.717, 1.165) is 45.1 Å². The molecule has 1 spiro atoms. The molecule has 1 heterocycles. The SMILES string of the molecule is CCCCC(C=O)CC.CNN1CCC2(CCC(C(N)=O)CC2)CC1. The first-order chi connectivity index (χ1) is 12.0. The minimum atomic E-state index is -0.0949. The molecule has 1 amide bonds. The molecule has 0 radical (unpaired) electrons. The van der Waals surface area contributed by atoms with Crippen LogP contribution in [0.1, 0.15) is 78.1 Å². The fourth-order valence-electron chi connectivity index (χ4n) is 4.05. The lowest BCUT2D eigenvalue weighted by molar-refractivity contribution is -0.124. The van der Waals surface area contributed by atoms with E-state index in [1.165, 1.54) is 38.5 Å². The molecule has 5 heteroatoms. The van der Waals surface area contributed by atoms with Crippen molar-refractivity contribution < 1.29 is 9.59 Å². The lowest BCUT2D eigenvalue weighted by Gasteiger charge is -2.45. The van der Waals surface area contributed by atoms with Crippen molar-refractivity contribution in [1.82, 2.24) is 10.4 Å². The number of primary amides is 1. The van der Waals surface area contributed by atoms with Gasteiger partial charge >= 0.3 is 0 Å². The number of nitrogens with two attached hydrogens (primary N) is 1. The number of carbonyl (C=O) groups is 2. The van der Waals surface area contributed by atoms with E-state index in [1.54, 1.807) is 0 Å². The standard InChI is InChI=1S/C12H23N3O.C8H16O/c1-14-15-8-6-12(7-9-15)4-2-10(3-5-12)11(13)16;1-3-5-6-8(4-2)7-9/h10,14H,2-9H2,1H3,(H2,13,16);7-8H,3-6H2,1-2H3. The van der Waals surface area contributed by atoms with Crippen LogP contribution in [-0.2, 0) is 9.59 Å². The first-order valence-electron chi connectivity index (χ1n) is 10.2. The topological polar surface area (TPSA) is 75.4 Å². The Morgan fingerprint density at radius 2 is 1.84 bits per heavy atom. The highest BCUT2D eigenvalue weighted by Gasteiger charge is 2.38. The zero-order valence-electron chi connectivity index (χ0n) is 16.6. The van der Waals surface area contributed by atoms with Gasteiger partial charge in [0.15, 0.2) is 0 Å². The van der Waals surface area contributed by atoms with Crippen molar-refractivity contribution in [2.24, 2.45) is 23.0 Å². The van der Waals surface area contributed by atoms with Gasteiger partial charge in [0.05, 0.1) is 0 Å². The van der Waals surface area contributed by atoms with Gasteiger partial charge in [-0.25, -0.2) is 5.01 Å². The van der Waals surface area contributed by atoms with Crippen LogP contribution in [0.3, 0.4) is 0 Å². The van der Waals surface area contributed by atoms with Gasteiger partial charge in [-0.05, 0) is 63.8 Å². The first-order valence-corrected chi connectivity index (χ1v) is 10.2. The maximum Gasteiger partial charge on any atom is 0.220 e. The molecule has 1 saturated carbocycles. The summed E-state index contributed by atoms with van der Waals surface area (Å²) in [6.07, 6.45) is 12.5. The molecule has 0 bridgehead atoms. The summed E-state index contributed by atoms with van der Waals surface area (Å²) in [6.45, 7) is 6.49. The van der Waals surface area contributed by atoms with Crippen molar-refractivity contribution in [1.29, 1.82) is 0 Å². The molecular weight excluding hydrogens is 314 g/mol. The van der Waals surface area contributed by atoms with E-state index < -0.39 is 0 Å². The average molecular weight is 354 g/mol. The molecule has 3 N–H and O–H groups in total. The summed E-state index contributed by atoms with van der Waals surface area (Å²) in [5, 5.41) is 2.28. The second-order valence-electron chi connectivity index (χ2n) is 7.83. The Morgan fingerprint density at radius 3 is 2.24 bits per heavy atom. The Morgan fingerprint density at radius 1 is 1.24 bits per heavy atom. The van der Waals surface area contributed by atoms with Gasteiger partial charge in [0, 0.05) is 24.9 Å². The highest BCUT2D eigenvalue weighted by Crippen LogP contribution is 2.45. The molecule has 25 heavy (non-hydrogen) atoms. The normalized spacial score (nSPS) is 22.0. The van der Waals surface area contributed by atoms with Crippen molar-refractivity contribution in [3.63, 3.8) is 0 Å². The number of hydrogen-bond acceptors (Lipinski definition) is 4. The summed E-state index contributed by atoms with van der Waals surface area (Å²) >= 11 is 0. The minimum absolute atomic E-state index is 0.0949. The Bertz CT molecular complexity index is 382. The molecule has 1 atom stereocenters. The summed E-state index contributed by atoms with van der Waals surface area (Å²) in [7, 11) is 1.99. The Kier molecular flexibility index (Phi) is 10.3. The number of carbonyl (C=O) groups excluding carboxylic acids is 2. The highest BCUT2D eigenvalue weighted by molar-refractivity contribution is 5.76. The van der Waals surface area contributed by atoms with Gasteiger partial charge in [-0.3, -0.25) is 10.2 Å². The van der Waals surface area contributed by atoms with E-state index in [2.05, 4.69) is 24.3 Å². The Balaban J connectivity index is 0.000000299. The zero-order chi connectivity index (χ0) is 18.7. The predicted octanol–water partition coefficient (Wildman–Crippen LogP) is 3.28. The summed E-state index contributed by atoms with van der Waals surface area (Å²) in [4.78, 5) is 21.4. The smallest absolute Gasteiger partial charge is 0.220 e. The lowest BCUT2D eigenvalue weighted by atomic mass is 9.65. The molecule has 2 fully saturated rings. The molecule has 0 aromatic heterocycles. The molecule has 1 unspecified atom stereocenters. The third-order valence-corrected chi connectivity index (χ3v) is 6.23. The largest absolute Gasteiger partial charge is 0.369 e. The number of hydrazine groups is 1. The third-order valence-electron chi connectivity index (χ3n) is 6.23. The van der Waals surface area contributed by atoms with Crippen LogP contribution in [0.25, 0.3) is 0 Å². The molecule has 2 rings (SSSR count). The van der Waals surface area contributed by atoms with Crippen LogP contribution < -0.4 is 11.2 Å². The van der Waals surface area contributed by atoms with Gasteiger partial charge in [-0.1, -0.05) is 26.7 Å². The number of nitrogens with one attached hydrogen (secondary N) is 1. The van der Waals surface area contributed by atoms with Gasteiger partial charge in [-0.2, -0.15) is 0 Å². The minimum Gasteiger partial charge on any atom is -0.369 e. The first kappa shape index (κ1) is 22.1. The van der Waals surface area contributed by atoms with Crippen LogP contribution in [0.2, 0.25) is 0 Å². The van der Waals surface area contributed by atoms with Crippen molar-refractivity contribution in [2.45, 2.75) is 78.1 Å². The monoisotopic (exact) mass is 353 g/mol. The fourth-order valence-corrected chi connectivity index (χ4v) is 4.05. The predicted molar refractivity (Wildman–Crippen MR) is 103 cm³/mol. The van der Waals surface area contributed by atoms with Gasteiger partial charge in [0.25, 0.3) is 0 Å². The number of unbranched alkanes of at least 4 members (excludes halogenated alkanes) is 1. The summed E-state index contributed by atoms with van der Waals surface area (Å²) in [5.41, 5.74) is 9.10. The zero-order valence-corrected chi connectivity index (χ0v) is 16.6. The molecule has 5 nitrogen and oxygen atoms in total. The maximum absolute atomic E-state index is 11.1. The lowest BCUT2D eigenvalue weighted by Crippen LogP contribution is -2.47. The summed E-state index contributed by atoms with van der Waals surface area (Å²) < 4.78 is 0. The molecule has 2 aliphatic rings. The molecule has 0 aromatic carbocycles. The van der Waals surface area contributed by atoms with Crippen LogP contribution in [0.4, 0.5) is 0 Å². The maximum atomic E-state index is 11.1. The quantitative estimate of drug-likeness (QED) is 0.689. The number of nitrogens with zero attached hydrogens (tertiary/aromatic N) is 1. The van der Waals surface area contributed by atoms with Crippen LogP contribution in [-0.4, -0.2) is 37.3 Å².